The highest BCUT2D eigenvalue weighted by Crippen LogP contribution is 2.43. The van der Waals surface area contributed by atoms with Crippen LogP contribution >= 0.6 is 0 Å². The van der Waals surface area contributed by atoms with Crippen LogP contribution in [0, 0.1) is 22.7 Å². The number of methoxy groups -OCH3 is 2. The number of rotatable bonds is 4. The second-order valence-electron chi connectivity index (χ2n) is 5.88. The summed E-state index contributed by atoms with van der Waals surface area (Å²) >= 11 is 0. The van der Waals surface area contributed by atoms with Gasteiger partial charge in [0.15, 0.2) is 23.0 Å². The predicted octanol–water partition coefficient (Wildman–Crippen LogP) is 3.47. The van der Waals surface area contributed by atoms with Crippen molar-refractivity contribution in [1.29, 1.82) is 10.5 Å². The summed E-state index contributed by atoms with van der Waals surface area (Å²) in [5, 5.41) is 22.7. The smallest absolute Gasteiger partial charge is 0.231 e. The van der Waals surface area contributed by atoms with E-state index in [0.29, 0.717) is 56.4 Å². The highest BCUT2D eigenvalue weighted by molar-refractivity contribution is 5.98. The Morgan fingerprint density at radius 2 is 1.82 bits per heavy atom. The molecule has 3 aromatic rings. The van der Waals surface area contributed by atoms with Crippen molar-refractivity contribution in [3.8, 4) is 35.1 Å². The summed E-state index contributed by atoms with van der Waals surface area (Å²) in [5.41, 5.74) is 2.38. The maximum Gasteiger partial charge on any atom is 0.231 e. The molecule has 0 unspecified atom stereocenters. The summed E-state index contributed by atoms with van der Waals surface area (Å²) in [6.07, 6.45) is 1.47. The number of nitrogens with one attached hydrogen (secondary N) is 1. The standard InChI is InChI=1S/C20H14N4O4/c1-25-16-5-13-14(6-17(16)26-2)23-9-12(8-22)19(13)24-15-3-11(7-21)4-18-20(15)28-10-27-18/h3-6,9H,10H2,1-2H3,(H,23,24). The quantitative estimate of drug-likeness (QED) is 0.739. The molecule has 8 nitrogen and oxygen atoms in total. The van der Waals surface area contributed by atoms with Gasteiger partial charge in [0.25, 0.3) is 0 Å². The number of ether oxygens (including phenoxy) is 4. The summed E-state index contributed by atoms with van der Waals surface area (Å²) < 4.78 is 21.6. The fraction of sp³-hybridized carbons (Fsp3) is 0.150. The number of nitrogens with zero attached hydrogens (tertiary/aromatic N) is 3. The van der Waals surface area contributed by atoms with Crippen molar-refractivity contribution in [1.82, 2.24) is 4.98 Å². The van der Waals surface area contributed by atoms with Gasteiger partial charge < -0.3 is 24.3 Å². The van der Waals surface area contributed by atoms with Crippen LogP contribution in [0.5, 0.6) is 23.0 Å². The number of aromatic nitrogens is 1. The molecule has 0 aliphatic carbocycles. The molecular formula is C20H14N4O4. The van der Waals surface area contributed by atoms with Crippen LogP contribution in [-0.2, 0) is 0 Å². The number of benzene rings is 2. The van der Waals surface area contributed by atoms with Crippen molar-refractivity contribution in [3.05, 3.63) is 41.6 Å². The van der Waals surface area contributed by atoms with Crippen molar-refractivity contribution in [2.24, 2.45) is 0 Å². The van der Waals surface area contributed by atoms with E-state index < -0.39 is 0 Å². The summed E-state index contributed by atoms with van der Waals surface area (Å²) in [4.78, 5) is 4.34. The van der Waals surface area contributed by atoms with Gasteiger partial charge >= 0.3 is 0 Å². The zero-order valence-electron chi connectivity index (χ0n) is 15.1. The van der Waals surface area contributed by atoms with E-state index in [4.69, 9.17) is 18.9 Å². The molecule has 138 valence electrons. The van der Waals surface area contributed by atoms with Crippen molar-refractivity contribution >= 4 is 22.3 Å². The minimum absolute atomic E-state index is 0.0616. The van der Waals surface area contributed by atoms with Crippen LogP contribution in [-0.4, -0.2) is 26.0 Å². The molecule has 0 amide bonds. The van der Waals surface area contributed by atoms with Crippen LogP contribution in [0.15, 0.2) is 30.5 Å². The first-order valence-electron chi connectivity index (χ1n) is 8.24. The van der Waals surface area contributed by atoms with E-state index in [-0.39, 0.29) is 6.79 Å². The van der Waals surface area contributed by atoms with Crippen molar-refractivity contribution in [2.45, 2.75) is 0 Å². The summed E-state index contributed by atoms with van der Waals surface area (Å²) in [5.74, 6) is 1.98. The van der Waals surface area contributed by atoms with Gasteiger partial charge in [-0.1, -0.05) is 0 Å². The Kier molecular flexibility index (Phi) is 4.23. The third kappa shape index (κ3) is 2.74. The van der Waals surface area contributed by atoms with Crippen LogP contribution in [0.2, 0.25) is 0 Å². The monoisotopic (exact) mass is 374 g/mol. The lowest BCUT2D eigenvalue weighted by Crippen LogP contribution is -2.00. The van der Waals surface area contributed by atoms with Crippen molar-refractivity contribution < 1.29 is 18.9 Å². The molecule has 1 N–H and O–H groups in total. The summed E-state index contributed by atoms with van der Waals surface area (Å²) in [6, 6.07) is 11.0. The number of pyridine rings is 1. The predicted molar refractivity (Wildman–Crippen MR) is 100 cm³/mol. The minimum atomic E-state index is 0.0616. The van der Waals surface area contributed by atoms with Gasteiger partial charge in [-0.3, -0.25) is 4.98 Å². The van der Waals surface area contributed by atoms with Gasteiger partial charge in [0, 0.05) is 23.7 Å². The third-order valence-electron chi connectivity index (χ3n) is 4.36. The number of hydrogen-bond donors (Lipinski definition) is 1. The maximum absolute atomic E-state index is 9.58. The molecule has 2 aromatic carbocycles. The molecule has 2 heterocycles. The van der Waals surface area contributed by atoms with E-state index in [1.807, 2.05) is 0 Å². The second-order valence-corrected chi connectivity index (χ2v) is 5.88. The van der Waals surface area contributed by atoms with Crippen LogP contribution in [0.1, 0.15) is 11.1 Å². The zero-order chi connectivity index (χ0) is 19.7. The average molecular weight is 374 g/mol. The second kappa shape index (κ2) is 6.86. The Bertz CT molecular complexity index is 1180. The Labute approximate surface area is 160 Å². The van der Waals surface area contributed by atoms with E-state index >= 15 is 0 Å². The highest BCUT2D eigenvalue weighted by atomic mass is 16.7. The van der Waals surface area contributed by atoms with E-state index in [2.05, 4.69) is 22.4 Å². The van der Waals surface area contributed by atoms with Gasteiger partial charge in [0.2, 0.25) is 6.79 Å². The van der Waals surface area contributed by atoms with E-state index in [9.17, 15) is 10.5 Å². The molecule has 4 rings (SSSR count). The number of anilines is 2. The van der Waals surface area contributed by atoms with Gasteiger partial charge in [0.05, 0.1) is 48.3 Å². The maximum atomic E-state index is 9.58. The van der Waals surface area contributed by atoms with E-state index in [1.165, 1.54) is 13.3 Å². The molecule has 0 saturated carbocycles. The minimum Gasteiger partial charge on any atom is -0.493 e. The largest absolute Gasteiger partial charge is 0.493 e. The summed E-state index contributed by atoms with van der Waals surface area (Å²) in [7, 11) is 3.08. The first kappa shape index (κ1) is 17.3. The van der Waals surface area contributed by atoms with E-state index in [0.717, 1.165) is 0 Å². The van der Waals surface area contributed by atoms with Gasteiger partial charge in [-0.2, -0.15) is 10.5 Å². The molecule has 1 aromatic heterocycles. The number of nitriles is 2. The topological polar surface area (TPSA) is 109 Å². The zero-order valence-corrected chi connectivity index (χ0v) is 15.1. The molecule has 0 fully saturated rings. The van der Waals surface area contributed by atoms with Crippen LogP contribution in [0.4, 0.5) is 11.4 Å². The Morgan fingerprint density at radius 3 is 2.54 bits per heavy atom. The molecule has 28 heavy (non-hydrogen) atoms. The summed E-state index contributed by atoms with van der Waals surface area (Å²) in [6.45, 7) is 0.0616. The van der Waals surface area contributed by atoms with Gasteiger partial charge in [-0.25, -0.2) is 0 Å². The molecule has 0 bridgehead atoms. The molecule has 1 aliphatic heterocycles. The fourth-order valence-electron chi connectivity index (χ4n) is 3.04. The first-order valence-corrected chi connectivity index (χ1v) is 8.24. The van der Waals surface area contributed by atoms with Crippen molar-refractivity contribution in [2.75, 3.05) is 26.3 Å². The normalized spacial score (nSPS) is 11.6. The molecule has 8 heteroatoms. The fourth-order valence-corrected chi connectivity index (χ4v) is 3.04. The van der Waals surface area contributed by atoms with Crippen molar-refractivity contribution in [3.63, 3.8) is 0 Å². The van der Waals surface area contributed by atoms with Crippen LogP contribution in [0.25, 0.3) is 10.9 Å². The Hall–Kier alpha value is -4.17. The highest BCUT2D eigenvalue weighted by Gasteiger charge is 2.22. The van der Waals surface area contributed by atoms with Gasteiger partial charge in [-0.15, -0.1) is 0 Å². The molecule has 0 radical (unpaired) electrons. The average Bonchev–Trinajstić information content (AvgIpc) is 3.21. The molecule has 1 aliphatic rings. The number of hydrogen-bond acceptors (Lipinski definition) is 8. The molecule has 0 saturated heterocycles. The lowest BCUT2D eigenvalue weighted by atomic mass is 10.1. The van der Waals surface area contributed by atoms with Gasteiger partial charge in [0.1, 0.15) is 6.07 Å². The van der Waals surface area contributed by atoms with Crippen LogP contribution in [0.3, 0.4) is 0 Å². The lowest BCUT2D eigenvalue weighted by molar-refractivity contribution is 0.174. The Balaban J connectivity index is 1.93. The van der Waals surface area contributed by atoms with Crippen LogP contribution < -0.4 is 24.3 Å². The third-order valence-corrected chi connectivity index (χ3v) is 4.36. The van der Waals surface area contributed by atoms with Gasteiger partial charge in [-0.05, 0) is 12.1 Å². The van der Waals surface area contributed by atoms with E-state index in [1.54, 1.807) is 31.4 Å². The lowest BCUT2D eigenvalue weighted by Gasteiger charge is -2.15. The molecular weight excluding hydrogens is 360 g/mol. The first-order chi connectivity index (χ1) is 13.7. The SMILES string of the molecule is COc1cc2ncc(C#N)c(Nc3cc(C#N)cc4c3OCO4)c2cc1OC. The molecule has 0 spiro atoms. The number of fused-ring (bicyclic) bond motifs is 2. The Morgan fingerprint density at radius 1 is 1.04 bits per heavy atom. The molecule has 0 atom stereocenters.